The van der Waals surface area contributed by atoms with Gasteiger partial charge in [0.25, 0.3) is 0 Å². The third-order valence-electron chi connectivity index (χ3n) is 3.74. The number of phenols is 1. The smallest absolute Gasteiger partial charge is 0.221 e. The predicted octanol–water partition coefficient (Wildman–Crippen LogP) is 3.33. The van der Waals surface area contributed by atoms with Gasteiger partial charge in [0.1, 0.15) is 6.61 Å². The maximum absolute atomic E-state index is 10.9. The molecule has 2 rings (SSSR count). The first-order valence-corrected chi connectivity index (χ1v) is 9.09. The summed E-state index contributed by atoms with van der Waals surface area (Å²) in [5.74, 6) is -0.0534. The van der Waals surface area contributed by atoms with Crippen LogP contribution in [0, 0.1) is 0 Å². The van der Waals surface area contributed by atoms with Crippen molar-refractivity contribution in [3.05, 3.63) is 57.6 Å². The van der Waals surface area contributed by atoms with Crippen molar-refractivity contribution in [2.45, 2.75) is 19.3 Å². The third kappa shape index (κ3) is 6.75. The first-order chi connectivity index (χ1) is 12.5. The minimum absolute atomic E-state index is 0.00312. The molecule has 2 aromatic rings. The minimum atomic E-state index is -0.442. The monoisotopic (exact) mass is 396 g/mol. The number of halogens is 2. The lowest BCUT2D eigenvalue weighted by atomic mass is 10.1. The molecule has 0 aliphatic carbocycles. The van der Waals surface area contributed by atoms with E-state index < -0.39 is 5.91 Å². The second-order valence-electron chi connectivity index (χ2n) is 5.90. The average Bonchev–Trinajstić information content (AvgIpc) is 2.58. The molecule has 0 fully saturated rings. The molecular formula is C19H22Cl2N2O3. The van der Waals surface area contributed by atoms with Gasteiger partial charge in [-0.3, -0.25) is 4.79 Å². The van der Waals surface area contributed by atoms with Gasteiger partial charge in [-0.2, -0.15) is 0 Å². The van der Waals surface area contributed by atoms with E-state index in [0.29, 0.717) is 34.5 Å². The fourth-order valence-electron chi connectivity index (χ4n) is 2.47. The SMILES string of the molecule is NC(=O)Cc1ccc(OCCNCCCc2ccc(Cl)c(Cl)c2)c(O)c1. The van der Waals surface area contributed by atoms with E-state index >= 15 is 0 Å². The zero-order valence-corrected chi connectivity index (χ0v) is 15.8. The number of phenolic OH excluding ortho intramolecular Hbond substituents is 1. The van der Waals surface area contributed by atoms with Crippen LogP contribution in [0.25, 0.3) is 0 Å². The summed E-state index contributed by atoms with van der Waals surface area (Å²) < 4.78 is 5.53. The van der Waals surface area contributed by atoms with Gasteiger partial charge in [0.2, 0.25) is 5.91 Å². The number of hydrogen-bond donors (Lipinski definition) is 3. The Kier molecular flexibility index (Phi) is 8.04. The molecule has 0 bridgehead atoms. The van der Waals surface area contributed by atoms with Gasteiger partial charge < -0.3 is 20.9 Å². The molecule has 26 heavy (non-hydrogen) atoms. The van der Waals surface area contributed by atoms with Gasteiger partial charge in [-0.05, 0) is 54.8 Å². The number of carbonyl (C=O) groups excluding carboxylic acids is 1. The summed E-state index contributed by atoms with van der Waals surface area (Å²) in [7, 11) is 0. The van der Waals surface area contributed by atoms with Gasteiger partial charge in [0.15, 0.2) is 11.5 Å². The molecule has 0 spiro atoms. The number of rotatable bonds is 10. The molecule has 0 aromatic heterocycles. The number of aromatic hydroxyl groups is 1. The maximum atomic E-state index is 10.9. The largest absolute Gasteiger partial charge is 0.504 e. The standard InChI is InChI=1S/C19H22Cl2N2O3/c20-15-5-3-13(10-16(15)21)2-1-7-23-8-9-26-18-6-4-14(11-17(18)24)12-19(22)25/h3-6,10-11,23-24H,1-2,7-9,12H2,(H2,22,25). The molecule has 7 heteroatoms. The van der Waals surface area contributed by atoms with E-state index in [1.54, 1.807) is 12.1 Å². The molecule has 140 valence electrons. The topological polar surface area (TPSA) is 84.6 Å². The normalized spacial score (nSPS) is 10.7. The minimum Gasteiger partial charge on any atom is -0.504 e. The van der Waals surface area contributed by atoms with Crippen LogP contribution in [-0.2, 0) is 17.6 Å². The molecular weight excluding hydrogens is 375 g/mol. The second kappa shape index (κ2) is 10.3. The van der Waals surface area contributed by atoms with Crippen LogP contribution in [0.5, 0.6) is 11.5 Å². The number of primary amides is 1. The number of nitrogens with one attached hydrogen (secondary N) is 1. The van der Waals surface area contributed by atoms with Crippen molar-refractivity contribution >= 4 is 29.1 Å². The van der Waals surface area contributed by atoms with Gasteiger partial charge in [0, 0.05) is 6.54 Å². The predicted molar refractivity (Wildman–Crippen MR) is 104 cm³/mol. The first kappa shape index (κ1) is 20.4. The molecule has 0 heterocycles. The molecule has 0 unspecified atom stereocenters. The van der Waals surface area contributed by atoms with Crippen LogP contribution >= 0.6 is 23.2 Å². The number of aryl methyl sites for hydroxylation is 1. The van der Waals surface area contributed by atoms with Crippen molar-refractivity contribution in [1.29, 1.82) is 0 Å². The van der Waals surface area contributed by atoms with Crippen LogP contribution in [0.15, 0.2) is 36.4 Å². The van der Waals surface area contributed by atoms with Gasteiger partial charge in [-0.15, -0.1) is 0 Å². The maximum Gasteiger partial charge on any atom is 0.221 e. The van der Waals surface area contributed by atoms with Crippen molar-refractivity contribution in [2.24, 2.45) is 5.73 Å². The van der Waals surface area contributed by atoms with E-state index in [1.165, 1.54) is 6.07 Å². The summed E-state index contributed by atoms with van der Waals surface area (Å²) in [5, 5.41) is 14.3. The number of nitrogens with two attached hydrogens (primary N) is 1. The lowest BCUT2D eigenvalue weighted by molar-refractivity contribution is -0.117. The number of ether oxygens (including phenoxy) is 1. The Morgan fingerprint density at radius 3 is 2.54 bits per heavy atom. The fourth-order valence-corrected chi connectivity index (χ4v) is 2.79. The van der Waals surface area contributed by atoms with E-state index in [1.807, 2.05) is 18.2 Å². The van der Waals surface area contributed by atoms with Crippen LogP contribution in [0.4, 0.5) is 0 Å². The molecule has 0 atom stereocenters. The van der Waals surface area contributed by atoms with Crippen molar-refractivity contribution in [3.63, 3.8) is 0 Å². The average molecular weight is 397 g/mol. The number of carbonyl (C=O) groups is 1. The van der Waals surface area contributed by atoms with Crippen LogP contribution in [-0.4, -0.2) is 30.7 Å². The Hall–Kier alpha value is -1.95. The van der Waals surface area contributed by atoms with Gasteiger partial charge in [0.05, 0.1) is 16.5 Å². The van der Waals surface area contributed by atoms with E-state index in [2.05, 4.69) is 5.32 Å². The summed E-state index contributed by atoms with van der Waals surface area (Å²) in [6, 6.07) is 10.5. The summed E-state index contributed by atoms with van der Waals surface area (Å²) in [6.45, 7) is 1.92. The number of amides is 1. The molecule has 0 saturated heterocycles. The van der Waals surface area contributed by atoms with Crippen molar-refractivity contribution in [1.82, 2.24) is 5.32 Å². The third-order valence-corrected chi connectivity index (χ3v) is 4.48. The van der Waals surface area contributed by atoms with Crippen LogP contribution < -0.4 is 15.8 Å². The van der Waals surface area contributed by atoms with Crippen molar-refractivity contribution in [3.8, 4) is 11.5 Å². The van der Waals surface area contributed by atoms with Gasteiger partial charge in [-0.1, -0.05) is 35.3 Å². The molecule has 4 N–H and O–H groups in total. The quantitative estimate of drug-likeness (QED) is 0.537. The highest BCUT2D eigenvalue weighted by Gasteiger charge is 2.06. The van der Waals surface area contributed by atoms with Crippen LogP contribution in [0.2, 0.25) is 10.0 Å². The fraction of sp³-hybridized carbons (Fsp3) is 0.316. The summed E-state index contributed by atoms with van der Waals surface area (Å²) in [4.78, 5) is 10.9. The van der Waals surface area contributed by atoms with Gasteiger partial charge >= 0.3 is 0 Å². The molecule has 0 aliphatic heterocycles. The first-order valence-electron chi connectivity index (χ1n) is 8.33. The Morgan fingerprint density at radius 1 is 1.08 bits per heavy atom. The molecule has 0 saturated carbocycles. The molecule has 1 amide bonds. The summed E-state index contributed by atoms with van der Waals surface area (Å²) in [5.41, 5.74) is 6.94. The molecule has 2 aromatic carbocycles. The van der Waals surface area contributed by atoms with E-state index in [0.717, 1.165) is 24.9 Å². The van der Waals surface area contributed by atoms with Gasteiger partial charge in [-0.25, -0.2) is 0 Å². The van der Waals surface area contributed by atoms with Crippen LogP contribution in [0.1, 0.15) is 17.5 Å². The highest BCUT2D eigenvalue weighted by Crippen LogP contribution is 2.27. The number of hydrogen-bond acceptors (Lipinski definition) is 4. The lowest BCUT2D eigenvalue weighted by Crippen LogP contribution is -2.22. The Bertz CT molecular complexity index is 754. The molecule has 0 aliphatic rings. The number of benzene rings is 2. The lowest BCUT2D eigenvalue weighted by Gasteiger charge is -2.10. The zero-order valence-electron chi connectivity index (χ0n) is 14.3. The second-order valence-corrected chi connectivity index (χ2v) is 6.71. The zero-order chi connectivity index (χ0) is 18.9. The summed E-state index contributed by atoms with van der Waals surface area (Å²) >= 11 is 11.9. The van der Waals surface area contributed by atoms with E-state index in [-0.39, 0.29) is 12.2 Å². The molecule has 0 radical (unpaired) electrons. The molecule has 5 nitrogen and oxygen atoms in total. The van der Waals surface area contributed by atoms with E-state index in [4.69, 9.17) is 33.7 Å². The van der Waals surface area contributed by atoms with Crippen LogP contribution in [0.3, 0.4) is 0 Å². The highest BCUT2D eigenvalue weighted by atomic mass is 35.5. The highest BCUT2D eigenvalue weighted by molar-refractivity contribution is 6.42. The summed E-state index contributed by atoms with van der Waals surface area (Å²) in [6.07, 6.45) is 1.96. The van der Waals surface area contributed by atoms with Crippen molar-refractivity contribution in [2.75, 3.05) is 19.7 Å². The Balaban J connectivity index is 1.63. The van der Waals surface area contributed by atoms with E-state index in [9.17, 15) is 9.90 Å². The van der Waals surface area contributed by atoms with Crippen molar-refractivity contribution < 1.29 is 14.6 Å². The Labute approximate surface area is 163 Å². The Morgan fingerprint density at radius 2 is 1.85 bits per heavy atom.